The Morgan fingerprint density at radius 2 is 2.36 bits per heavy atom. The summed E-state index contributed by atoms with van der Waals surface area (Å²) in [5, 5.41) is 3.14. The molecule has 0 heterocycles. The number of rotatable bonds is 4. The molecule has 3 nitrogen and oxygen atoms in total. The van der Waals surface area contributed by atoms with E-state index in [9.17, 15) is 4.91 Å². The molecule has 62 valence electrons. The average molecular weight is 175 g/mol. The lowest BCUT2D eigenvalue weighted by atomic mass is 10.2. The van der Waals surface area contributed by atoms with Crippen molar-refractivity contribution in [2.24, 2.45) is 16.1 Å². The van der Waals surface area contributed by atoms with Gasteiger partial charge in [-0.25, -0.2) is 4.99 Å². The van der Waals surface area contributed by atoms with Gasteiger partial charge in [-0.05, 0) is 6.92 Å². The summed E-state index contributed by atoms with van der Waals surface area (Å²) in [4.78, 5) is 13.7. The predicted molar refractivity (Wildman–Crippen MR) is 47.9 cm³/mol. The lowest BCUT2D eigenvalue weighted by Gasteiger charge is -2.00. The largest absolute Gasteiger partial charge is 0.249 e. The molecule has 0 aliphatic rings. The molecule has 0 aromatic carbocycles. The maximum absolute atomic E-state index is 9.81. The Hall–Kier alpha value is -0.700. The van der Waals surface area contributed by atoms with Crippen LogP contribution in [0, 0.1) is 10.8 Å². The van der Waals surface area contributed by atoms with E-state index in [0.29, 0.717) is 5.17 Å². The Kier molecular flexibility index (Phi) is 5.65. The standard InChI is InChI=1S/C7H11ClN2O/c1-3-4-9-7(8)6(2)5-10-11/h3-4,6H,5H2,1-2H3/b4-3-,9-7?. The van der Waals surface area contributed by atoms with Gasteiger partial charge < -0.3 is 0 Å². The number of halogens is 1. The van der Waals surface area contributed by atoms with E-state index >= 15 is 0 Å². The zero-order valence-corrected chi connectivity index (χ0v) is 7.38. The van der Waals surface area contributed by atoms with Crippen molar-refractivity contribution >= 4 is 16.8 Å². The predicted octanol–water partition coefficient (Wildman–Crippen LogP) is 2.56. The molecule has 0 fully saturated rings. The maximum atomic E-state index is 9.81. The van der Waals surface area contributed by atoms with E-state index in [1.165, 1.54) is 0 Å². The molecular weight excluding hydrogens is 164 g/mol. The molecule has 0 saturated heterocycles. The zero-order valence-electron chi connectivity index (χ0n) is 6.62. The van der Waals surface area contributed by atoms with Gasteiger partial charge in [0.1, 0.15) is 5.17 Å². The number of hydrogen-bond acceptors (Lipinski definition) is 3. The SMILES string of the molecule is C/C=C\N=C(Cl)C(C)CN=O. The van der Waals surface area contributed by atoms with E-state index < -0.39 is 0 Å². The fraction of sp³-hybridized carbons (Fsp3) is 0.571. The number of aliphatic imine (C=N–C) groups is 1. The van der Waals surface area contributed by atoms with Gasteiger partial charge in [0.25, 0.3) is 0 Å². The van der Waals surface area contributed by atoms with E-state index in [-0.39, 0.29) is 12.5 Å². The van der Waals surface area contributed by atoms with E-state index in [1.807, 2.05) is 6.92 Å². The van der Waals surface area contributed by atoms with Gasteiger partial charge in [0, 0.05) is 12.1 Å². The van der Waals surface area contributed by atoms with Crippen LogP contribution in [0.2, 0.25) is 0 Å². The van der Waals surface area contributed by atoms with Crippen LogP contribution >= 0.6 is 11.6 Å². The van der Waals surface area contributed by atoms with Crippen LogP contribution in [0.3, 0.4) is 0 Å². The van der Waals surface area contributed by atoms with Gasteiger partial charge in [-0.3, -0.25) is 0 Å². The monoisotopic (exact) mass is 174 g/mol. The van der Waals surface area contributed by atoms with Crippen molar-refractivity contribution in [1.29, 1.82) is 0 Å². The molecule has 0 N–H and O–H groups in total. The first kappa shape index (κ1) is 10.3. The summed E-state index contributed by atoms with van der Waals surface area (Å²) in [6.45, 7) is 3.83. The van der Waals surface area contributed by atoms with Crippen LogP contribution in [0.25, 0.3) is 0 Å². The maximum Gasteiger partial charge on any atom is 0.111 e. The van der Waals surface area contributed by atoms with Gasteiger partial charge >= 0.3 is 0 Å². The summed E-state index contributed by atoms with van der Waals surface area (Å²) in [7, 11) is 0. The first-order valence-corrected chi connectivity index (χ1v) is 3.73. The summed E-state index contributed by atoms with van der Waals surface area (Å²) in [5.74, 6) is -0.0784. The Balaban J connectivity index is 3.98. The summed E-state index contributed by atoms with van der Waals surface area (Å²) in [6.07, 6.45) is 3.35. The van der Waals surface area contributed by atoms with Crippen LogP contribution < -0.4 is 0 Å². The molecule has 0 aliphatic heterocycles. The highest BCUT2D eigenvalue weighted by Crippen LogP contribution is 2.04. The Labute approximate surface area is 71.1 Å². The van der Waals surface area contributed by atoms with Crippen molar-refractivity contribution in [2.75, 3.05) is 6.54 Å². The van der Waals surface area contributed by atoms with Crippen LogP contribution in [0.5, 0.6) is 0 Å². The average Bonchev–Trinajstić information content (AvgIpc) is 2.00. The third-order valence-electron chi connectivity index (χ3n) is 1.10. The smallest absolute Gasteiger partial charge is 0.111 e. The fourth-order valence-electron chi connectivity index (χ4n) is 0.460. The normalized spacial score (nSPS) is 15.4. The van der Waals surface area contributed by atoms with Crippen LogP contribution in [-0.4, -0.2) is 11.7 Å². The highest BCUT2D eigenvalue weighted by molar-refractivity contribution is 6.65. The van der Waals surface area contributed by atoms with Gasteiger partial charge in [-0.15, -0.1) is 0 Å². The van der Waals surface area contributed by atoms with Gasteiger partial charge in [-0.2, -0.15) is 4.91 Å². The Bertz CT molecular complexity index is 177. The third-order valence-corrected chi connectivity index (χ3v) is 1.57. The molecule has 0 amide bonds. The van der Waals surface area contributed by atoms with Crippen LogP contribution in [-0.2, 0) is 0 Å². The van der Waals surface area contributed by atoms with Crippen molar-refractivity contribution in [1.82, 2.24) is 0 Å². The van der Waals surface area contributed by atoms with E-state index in [4.69, 9.17) is 11.6 Å². The Morgan fingerprint density at radius 3 is 2.82 bits per heavy atom. The molecule has 11 heavy (non-hydrogen) atoms. The molecule has 1 unspecified atom stereocenters. The molecule has 0 aromatic heterocycles. The number of hydrogen-bond donors (Lipinski definition) is 0. The first-order chi connectivity index (χ1) is 5.22. The molecule has 0 aromatic rings. The van der Waals surface area contributed by atoms with Crippen molar-refractivity contribution in [3.05, 3.63) is 17.2 Å². The third kappa shape index (κ3) is 4.67. The summed E-state index contributed by atoms with van der Waals surface area (Å²) in [5.41, 5.74) is 0. The molecule has 0 bridgehead atoms. The summed E-state index contributed by atoms with van der Waals surface area (Å²) < 4.78 is 0. The fourth-order valence-corrected chi connectivity index (χ4v) is 0.585. The highest BCUT2D eigenvalue weighted by atomic mass is 35.5. The van der Waals surface area contributed by atoms with Crippen molar-refractivity contribution < 1.29 is 0 Å². The number of nitrogens with zero attached hydrogens (tertiary/aromatic N) is 2. The second-order valence-corrected chi connectivity index (χ2v) is 2.53. The molecule has 0 spiro atoms. The van der Waals surface area contributed by atoms with E-state index in [0.717, 1.165) is 0 Å². The molecule has 0 saturated carbocycles. The van der Waals surface area contributed by atoms with E-state index in [1.54, 1.807) is 19.2 Å². The van der Waals surface area contributed by atoms with Crippen LogP contribution in [0.1, 0.15) is 13.8 Å². The van der Waals surface area contributed by atoms with Crippen molar-refractivity contribution in [2.45, 2.75) is 13.8 Å². The van der Waals surface area contributed by atoms with Crippen molar-refractivity contribution in [3.63, 3.8) is 0 Å². The lowest BCUT2D eigenvalue weighted by Crippen LogP contribution is -2.06. The summed E-state index contributed by atoms with van der Waals surface area (Å²) >= 11 is 5.69. The molecule has 0 rings (SSSR count). The minimum Gasteiger partial charge on any atom is -0.249 e. The second kappa shape index (κ2) is 6.04. The van der Waals surface area contributed by atoms with Crippen molar-refractivity contribution in [3.8, 4) is 0 Å². The van der Waals surface area contributed by atoms with Crippen LogP contribution in [0.4, 0.5) is 0 Å². The molecule has 4 heteroatoms. The van der Waals surface area contributed by atoms with E-state index in [2.05, 4.69) is 10.2 Å². The van der Waals surface area contributed by atoms with Gasteiger partial charge in [0.2, 0.25) is 0 Å². The summed E-state index contributed by atoms with van der Waals surface area (Å²) in [6, 6.07) is 0. The van der Waals surface area contributed by atoms with Crippen LogP contribution in [0.15, 0.2) is 22.4 Å². The van der Waals surface area contributed by atoms with Gasteiger partial charge in [0.15, 0.2) is 0 Å². The number of nitroso groups, excluding NO2 is 1. The first-order valence-electron chi connectivity index (χ1n) is 3.35. The zero-order chi connectivity index (χ0) is 8.69. The molecule has 1 atom stereocenters. The lowest BCUT2D eigenvalue weighted by molar-refractivity contribution is 0.789. The highest BCUT2D eigenvalue weighted by Gasteiger charge is 2.06. The quantitative estimate of drug-likeness (QED) is 0.477. The van der Waals surface area contributed by atoms with Gasteiger partial charge in [-0.1, -0.05) is 29.8 Å². The molecule has 0 radical (unpaired) electrons. The molecular formula is C7H11ClN2O. The topological polar surface area (TPSA) is 41.8 Å². The number of allylic oxidation sites excluding steroid dienone is 1. The molecule has 0 aliphatic carbocycles. The van der Waals surface area contributed by atoms with Gasteiger partial charge in [0.05, 0.1) is 6.54 Å². The Morgan fingerprint density at radius 1 is 1.73 bits per heavy atom. The minimum atomic E-state index is -0.0784. The minimum absolute atomic E-state index is 0.0784. The second-order valence-electron chi connectivity index (χ2n) is 2.15.